The average molecular weight is 426 g/mol. The summed E-state index contributed by atoms with van der Waals surface area (Å²) in [4.78, 5) is 39.1. The van der Waals surface area contributed by atoms with Crippen LogP contribution in [0.15, 0.2) is 53.7 Å². The minimum absolute atomic E-state index is 0.0531. The first-order valence-electron chi connectivity index (χ1n) is 9.44. The molecule has 1 atom stereocenters. The van der Waals surface area contributed by atoms with Crippen molar-refractivity contribution in [1.29, 1.82) is 0 Å². The van der Waals surface area contributed by atoms with Crippen LogP contribution in [0.2, 0.25) is 5.02 Å². The number of aryl methyl sites for hydroxylation is 2. The number of hydrogen-bond acceptors (Lipinski definition) is 4. The number of benzene rings is 2. The second-order valence-corrected chi connectivity index (χ2v) is 7.76. The van der Waals surface area contributed by atoms with Gasteiger partial charge in [-0.05, 0) is 48.7 Å². The third-order valence-electron chi connectivity index (χ3n) is 5.17. The molecular weight excluding hydrogens is 406 g/mol. The molecule has 2 aromatic carbocycles. The lowest BCUT2D eigenvalue weighted by Crippen LogP contribution is -2.49. The summed E-state index contributed by atoms with van der Waals surface area (Å²) in [7, 11) is 0. The Kier molecular flexibility index (Phi) is 5.22. The summed E-state index contributed by atoms with van der Waals surface area (Å²) in [5, 5.41) is 6.18. The molecule has 1 unspecified atom stereocenters. The molecule has 0 aliphatic carbocycles. The number of hydrogen-bond donors (Lipinski definition) is 2. The van der Waals surface area contributed by atoms with Crippen molar-refractivity contribution in [2.75, 3.05) is 18.5 Å². The van der Waals surface area contributed by atoms with Crippen LogP contribution in [-0.4, -0.2) is 36.0 Å². The van der Waals surface area contributed by atoms with Crippen LogP contribution in [0.3, 0.4) is 0 Å². The summed E-state index contributed by atoms with van der Waals surface area (Å²) in [6.07, 6.45) is 0. The first-order chi connectivity index (χ1) is 14.3. The van der Waals surface area contributed by atoms with Crippen molar-refractivity contribution in [3.63, 3.8) is 0 Å². The lowest BCUT2D eigenvalue weighted by molar-refractivity contribution is -0.136. The largest absolute Gasteiger partial charge is 0.456 e. The summed E-state index contributed by atoms with van der Waals surface area (Å²) >= 11 is 5.94. The number of cyclic esters (lactones) is 1. The van der Waals surface area contributed by atoms with Gasteiger partial charge in [0.2, 0.25) is 5.91 Å². The zero-order valence-electron chi connectivity index (χ0n) is 16.5. The van der Waals surface area contributed by atoms with E-state index < -0.39 is 18.0 Å². The highest BCUT2D eigenvalue weighted by Crippen LogP contribution is 2.35. The molecule has 0 spiro atoms. The number of halogens is 1. The topological polar surface area (TPSA) is 87.7 Å². The van der Waals surface area contributed by atoms with Gasteiger partial charge in [-0.25, -0.2) is 9.59 Å². The third-order valence-corrected chi connectivity index (χ3v) is 5.42. The van der Waals surface area contributed by atoms with Gasteiger partial charge >= 0.3 is 12.0 Å². The number of anilines is 1. The summed E-state index contributed by atoms with van der Waals surface area (Å²) in [5.41, 5.74) is 4.05. The fourth-order valence-electron chi connectivity index (χ4n) is 3.59. The summed E-state index contributed by atoms with van der Waals surface area (Å²) in [5.74, 6) is -0.875. The normalized spacial score (nSPS) is 18.1. The summed E-state index contributed by atoms with van der Waals surface area (Å²) < 4.78 is 5.18. The molecule has 2 aliphatic heterocycles. The van der Waals surface area contributed by atoms with Crippen LogP contribution >= 0.6 is 11.6 Å². The molecule has 0 saturated heterocycles. The molecule has 2 aliphatic rings. The van der Waals surface area contributed by atoms with E-state index in [4.69, 9.17) is 16.3 Å². The fraction of sp³-hybridized carbons (Fsp3) is 0.227. The smallest absolute Gasteiger partial charge is 0.338 e. The Hall–Kier alpha value is -3.32. The van der Waals surface area contributed by atoms with Crippen molar-refractivity contribution in [2.24, 2.45) is 0 Å². The van der Waals surface area contributed by atoms with Crippen molar-refractivity contribution < 1.29 is 19.1 Å². The molecule has 2 aromatic rings. The zero-order chi connectivity index (χ0) is 21.4. The predicted molar refractivity (Wildman–Crippen MR) is 112 cm³/mol. The Balaban J connectivity index is 1.59. The molecule has 7 nitrogen and oxygen atoms in total. The van der Waals surface area contributed by atoms with E-state index in [2.05, 4.69) is 10.6 Å². The SMILES string of the molecule is Cc1ccc(C)c(NC(=O)CN2C(=O)NC(c3ccc(Cl)cc3)C3=C2COC3=O)c1. The minimum atomic E-state index is -0.655. The molecule has 0 saturated carbocycles. The number of carbonyl (C=O) groups excluding carboxylic acids is 3. The summed E-state index contributed by atoms with van der Waals surface area (Å²) in [6.45, 7) is 3.54. The Morgan fingerprint density at radius 2 is 1.93 bits per heavy atom. The molecule has 2 N–H and O–H groups in total. The van der Waals surface area contributed by atoms with Crippen LogP contribution in [0.4, 0.5) is 10.5 Å². The number of amides is 3. The van der Waals surface area contributed by atoms with E-state index in [1.54, 1.807) is 24.3 Å². The second-order valence-electron chi connectivity index (χ2n) is 7.32. The van der Waals surface area contributed by atoms with Gasteiger partial charge < -0.3 is 15.4 Å². The Labute approximate surface area is 178 Å². The van der Waals surface area contributed by atoms with E-state index in [1.807, 2.05) is 32.0 Å². The highest BCUT2D eigenvalue weighted by Gasteiger charge is 2.42. The van der Waals surface area contributed by atoms with Gasteiger partial charge in [0.25, 0.3) is 0 Å². The van der Waals surface area contributed by atoms with Crippen LogP contribution in [-0.2, 0) is 14.3 Å². The maximum absolute atomic E-state index is 12.8. The molecule has 0 fully saturated rings. The molecular formula is C22H20ClN3O4. The van der Waals surface area contributed by atoms with Crippen molar-refractivity contribution >= 4 is 35.2 Å². The quantitative estimate of drug-likeness (QED) is 0.734. The molecule has 0 radical (unpaired) electrons. The highest BCUT2D eigenvalue weighted by molar-refractivity contribution is 6.30. The minimum Gasteiger partial charge on any atom is -0.456 e. The van der Waals surface area contributed by atoms with E-state index in [0.29, 0.717) is 27.5 Å². The van der Waals surface area contributed by atoms with Crippen molar-refractivity contribution in [3.8, 4) is 0 Å². The van der Waals surface area contributed by atoms with Gasteiger partial charge in [-0.15, -0.1) is 0 Å². The first-order valence-corrected chi connectivity index (χ1v) is 9.82. The van der Waals surface area contributed by atoms with Gasteiger partial charge in [0.05, 0.1) is 17.3 Å². The maximum atomic E-state index is 12.8. The van der Waals surface area contributed by atoms with E-state index in [0.717, 1.165) is 11.1 Å². The maximum Gasteiger partial charge on any atom is 0.338 e. The Bertz CT molecular complexity index is 1080. The standard InChI is InChI=1S/C22H20ClN3O4/c1-12-3-4-13(2)16(9-12)24-18(27)10-26-17-11-30-21(28)19(17)20(25-22(26)29)14-5-7-15(23)8-6-14/h3-9,20H,10-11H2,1-2H3,(H,24,27)(H,25,29). The zero-order valence-corrected chi connectivity index (χ0v) is 17.2. The first kappa shape index (κ1) is 20.0. The second kappa shape index (κ2) is 7.84. The molecule has 30 heavy (non-hydrogen) atoms. The van der Waals surface area contributed by atoms with E-state index in [-0.39, 0.29) is 19.1 Å². The predicted octanol–water partition coefficient (Wildman–Crippen LogP) is 3.47. The van der Waals surface area contributed by atoms with Gasteiger partial charge in [0.15, 0.2) is 0 Å². The van der Waals surface area contributed by atoms with Crippen molar-refractivity contribution in [2.45, 2.75) is 19.9 Å². The molecule has 8 heteroatoms. The molecule has 154 valence electrons. The molecule has 0 bridgehead atoms. The number of esters is 1. The number of carbonyl (C=O) groups is 3. The average Bonchev–Trinajstić information content (AvgIpc) is 3.09. The number of nitrogens with zero attached hydrogens (tertiary/aromatic N) is 1. The van der Waals surface area contributed by atoms with Crippen molar-refractivity contribution in [3.05, 3.63) is 75.4 Å². The van der Waals surface area contributed by atoms with Crippen molar-refractivity contribution in [1.82, 2.24) is 10.2 Å². The number of rotatable bonds is 4. The third kappa shape index (κ3) is 3.76. The summed E-state index contributed by atoms with van der Waals surface area (Å²) in [6, 6.07) is 11.5. The Morgan fingerprint density at radius 3 is 2.67 bits per heavy atom. The van der Waals surface area contributed by atoms with Gasteiger partial charge in [-0.3, -0.25) is 9.69 Å². The van der Waals surface area contributed by atoms with Gasteiger partial charge in [0.1, 0.15) is 13.2 Å². The van der Waals surface area contributed by atoms with E-state index >= 15 is 0 Å². The fourth-order valence-corrected chi connectivity index (χ4v) is 3.71. The van der Waals surface area contributed by atoms with Gasteiger partial charge in [-0.1, -0.05) is 35.9 Å². The van der Waals surface area contributed by atoms with Crippen LogP contribution < -0.4 is 10.6 Å². The van der Waals surface area contributed by atoms with Crippen LogP contribution in [0, 0.1) is 13.8 Å². The molecule has 4 rings (SSSR count). The van der Waals surface area contributed by atoms with Gasteiger partial charge in [0, 0.05) is 10.7 Å². The number of urea groups is 1. The van der Waals surface area contributed by atoms with E-state index in [1.165, 1.54) is 4.90 Å². The molecule has 0 aromatic heterocycles. The highest BCUT2D eigenvalue weighted by atomic mass is 35.5. The molecule has 3 amide bonds. The van der Waals surface area contributed by atoms with Gasteiger partial charge in [-0.2, -0.15) is 0 Å². The van der Waals surface area contributed by atoms with E-state index in [9.17, 15) is 14.4 Å². The number of ether oxygens (including phenoxy) is 1. The number of nitrogens with one attached hydrogen (secondary N) is 2. The monoisotopic (exact) mass is 425 g/mol. The van der Waals surface area contributed by atoms with Crippen LogP contribution in [0.25, 0.3) is 0 Å². The molecule has 2 heterocycles. The van der Waals surface area contributed by atoms with Crippen LogP contribution in [0.1, 0.15) is 22.7 Å². The lowest BCUT2D eigenvalue weighted by atomic mass is 9.96. The lowest BCUT2D eigenvalue weighted by Gasteiger charge is -2.32. The Morgan fingerprint density at radius 1 is 1.20 bits per heavy atom. The van der Waals surface area contributed by atoms with Crippen LogP contribution in [0.5, 0.6) is 0 Å².